The lowest BCUT2D eigenvalue weighted by Gasteiger charge is -2.35. The summed E-state index contributed by atoms with van der Waals surface area (Å²) in [6, 6.07) is 4.90. The van der Waals surface area contributed by atoms with E-state index in [1.165, 1.54) is 19.3 Å². The molecule has 0 unspecified atom stereocenters. The van der Waals surface area contributed by atoms with Crippen molar-refractivity contribution < 1.29 is 0 Å². The second-order valence-corrected chi connectivity index (χ2v) is 4.43. The zero-order valence-electron chi connectivity index (χ0n) is 9.48. The van der Waals surface area contributed by atoms with Gasteiger partial charge in [-0.1, -0.05) is 6.07 Å². The van der Waals surface area contributed by atoms with Crippen molar-refractivity contribution in [2.75, 3.05) is 11.9 Å². The molecule has 0 bridgehead atoms. The molecular weight excluding hydrogens is 186 g/mol. The van der Waals surface area contributed by atoms with Gasteiger partial charge >= 0.3 is 0 Å². The van der Waals surface area contributed by atoms with Crippen LogP contribution in [0.15, 0.2) is 18.3 Å². The summed E-state index contributed by atoms with van der Waals surface area (Å²) in [5.41, 5.74) is 6.88. The van der Waals surface area contributed by atoms with Crippen molar-refractivity contribution in [3.05, 3.63) is 23.9 Å². The maximum atomic E-state index is 5.78. The first-order chi connectivity index (χ1) is 7.18. The minimum absolute atomic E-state index is 0.0700. The normalized spacial score (nSPS) is 18.3. The molecule has 0 amide bonds. The summed E-state index contributed by atoms with van der Waals surface area (Å²) < 4.78 is 0. The van der Waals surface area contributed by atoms with Crippen molar-refractivity contribution >= 4 is 5.82 Å². The van der Waals surface area contributed by atoms with Gasteiger partial charge in [0.15, 0.2) is 0 Å². The van der Waals surface area contributed by atoms with Gasteiger partial charge in [0.2, 0.25) is 0 Å². The van der Waals surface area contributed by atoms with Crippen molar-refractivity contribution in [1.82, 2.24) is 4.98 Å². The van der Waals surface area contributed by atoms with E-state index in [9.17, 15) is 0 Å². The summed E-state index contributed by atoms with van der Waals surface area (Å²) in [6.07, 6.45) is 5.84. The highest BCUT2D eigenvalue weighted by molar-refractivity contribution is 5.40. The summed E-state index contributed by atoms with van der Waals surface area (Å²) in [6.45, 7) is 1.98. The Hall–Kier alpha value is -1.09. The van der Waals surface area contributed by atoms with E-state index in [0.717, 1.165) is 11.4 Å². The molecule has 1 heterocycles. The highest BCUT2D eigenvalue weighted by atomic mass is 15.2. The van der Waals surface area contributed by atoms with Crippen LogP contribution in [0, 0.1) is 0 Å². The van der Waals surface area contributed by atoms with Crippen LogP contribution in [0.5, 0.6) is 0 Å². The van der Waals surface area contributed by atoms with Gasteiger partial charge in [0.05, 0.1) is 0 Å². The number of pyridine rings is 1. The van der Waals surface area contributed by atoms with Crippen LogP contribution in [-0.2, 0) is 0 Å². The Balaban J connectivity index is 2.08. The van der Waals surface area contributed by atoms with Gasteiger partial charge in [0.25, 0.3) is 0 Å². The van der Waals surface area contributed by atoms with Gasteiger partial charge in [0.1, 0.15) is 5.82 Å². The van der Waals surface area contributed by atoms with Crippen LogP contribution < -0.4 is 10.6 Å². The molecule has 0 radical (unpaired) electrons. The monoisotopic (exact) mass is 205 g/mol. The fourth-order valence-corrected chi connectivity index (χ4v) is 1.84. The van der Waals surface area contributed by atoms with Gasteiger partial charge < -0.3 is 10.6 Å². The molecule has 3 nitrogen and oxygen atoms in total. The molecule has 1 fully saturated rings. The number of aromatic nitrogens is 1. The lowest BCUT2D eigenvalue weighted by atomic mass is 9.92. The van der Waals surface area contributed by atoms with Gasteiger partial charge in [-0.15, -0.1) is 0 Å². The maximum absolute atomic E-state index is 5.78. The summed E-state index contributed by atoms with van der Waals surface area (Å²) in [5, 5.41) is 0. The first-order valence-electron chi connectivity index (χ1n) is 5.63. The van der Waals surface area contributed by atoms with E-state index in [1.807, 2.05) is 13.1 Å². The Morgan fingerprint density at radius 1 is 1.47 bits per heavy atom. The predicted octanol–water partition coefficient (Wildman–Crippen LogP) is 2.09. The molecule has 15 heavy (non-hydrogen) atoms. The molecule has 1 atom stereocenters. The SMILES string of the molecule is C[C@H](N)c1ccc(N(C)C2CCC2)nc1. The molecule has 1 aromatic rings. The van der Waals surface area contributed by atoms with Crippen molar-refractivity contribution in [2.45, 2.75) is 38.3 Å². The molecule has 2 rings (SSSR count). The summed E-state index contributed by atoms with van der Waals surface area (Å²) in [5.74, 6) is 1.06. The topological polar surface area (TPSA) is 42.1 Å². The zero-order valence-corrected chi connectivity index (χ0v) is 9.48. The third-order valence-electron chi connectivity index (χ3n) is 3.28. The van der Waals surface area contributed by atoms with Crippen molar-refractivity contribution in [3.63, 3.8) is 0 Å². The molecule has 1 aliphatic carbocycles. The first kappa shape index (κ1) is 10.4. The van der Waals surface area contributed by atoms with E-state index in [1.54, 1.807) is 0 Å². The van der Waals surface area contributed by atoms with Gasteiger partial charge in [0, 0.05) is 25.3 Å². The van der Waals surface area contributed by atoms with Crippen LogP contribution in [0.1, 0.15) is 37.8 Å². The molecule has 1 aliphatic rings. The van der Waals surface area contributed by atoms with Crippen LogP contribution in [0.25, 0.3) is 0 Å². The fourth-order valence-electron chi connectivity index (χ4n) is 1.84. The molecule has 3 heteroatoms. The van der Waals surface area contributed by atoms with Crippen molar-refractivity contribution in [1.29, 1.82) is 0 Å². The van der Waals surface area contributed by atoms with Gasteiger partial charge in [-0.3, -0.25) is 0 Å². The Morgan fingerprint density at radius 2 is 2.20 bits per heavy atom. The second kappa shape index (κ2) is 4.19. The average Bonchev–Trinajstić information content (AvgIpc) is 2.15. The highest BCUT2D eigenvalue weighted by Gasteiger charge is 2.22. The van der Waals surface area contributed by atoms with Crippen LogP contribution in [-0.4, -0.2) is 18.1 Å². The van der Waals surface area contributed by atoms with E-state index >= 15 is 0 Å². The fraction of sp³-hybridized carbons (Fsp3) is 0.583. The molecular formula is C12H19N3. The standard InChI is InChI=1S/C12H19N3/c1-9(13)10-6-7-12(14-8-10)15(2)11-4-3-5-11/h6-9,11H,3-5,13H2,1-2H3/t9-/m0/s1. The quantitative estimate of drug-likeness (QED) is 0.821. The molecule has 1 aromatic heterocycles. The van der Waals surface area contributed by atoms with Crippen LogP contribution >= 0.6 is 0 Å². The Morgan fingerprint density at radius 3 is 2.60 bits per heavy atom. The van der Waals surface area contributed by atoms with Crippen LogP contribution in [0.2, 0.25) is 0 Å². The van der Waals surface area contributed by atoms with E-state index < -0.39 is 0 Å². The third-order valence-corrected chi connectivity index (χ3v) is 3.28. The van der Waals surface area contributed by atoms with Crippen LogP contribution in [0.3, 0.4) is 0 Å². The summed E-state index contributed by atoms with van der Waals surface area (Å²) in [4.78, 5) is 6.72. The van der Waals surface area contributed by atoms with Gasteiger partial charge in [-0.25, -0.2) is 4.98 Å². The molecule has 0 saturated heterocycles. The molecule has 1 saturated carbocycles. The molecule has 0 spiro atoms. The Kier molecular flexibility index (Phi) is 2.91. The maximum Gasteiger partial charge on any atom is 0.128 e. The first-order valence-corrected chi connectivity index (χ1v) is 5.63. The molecule has 0 aliphatic heterocycles. The number of nitrogens with two attached hydrogens (primary N) is 1. The van der Waals surface area contributed by atoms with Gasteiger partial charge in [-0.05, 0) is 37.8 Å². The number of rotatable bonds is 3. The van der Waals surface area contributed by atoms with E-state index in [0.29, 0.717) is 6.04 Å². The van der Waals surface area contributed by atoms with E-state index in [2.05, 4.69) is 29.1 Å². The molecule has 2 N–H and O–H groups in total. The molecule has 0 aromatic carbocycles. The smallest absolute Gasteiger partial charge is 0.128 e. The zero-order chi connectivity index (χ0) is 10.8. The van der Waals surface area contributed by atoms with Crippen molar-refractivity contribution in [3.8, 4) is 0 Å². The Bertz CT molecular complexity index is 314. The summed E-state index contributed by atoms with van der Waals surface area (Å²) in [7, 11) is 2.12. The number of nitrogens with zero attached hydrogens (tertiary/aromatic N) is 2. The van der Waals surface area contributed by atoms with E-state index in [-0.39, 0.29) is 6.04 Å². The largest absolute Gasteiger partial charge is 0.357 e. The highest BCUT2D eigenvalue weighted by Crippen LogP contribution is 2.27. The van der Waals surface area contributed by atoms with Crippen LogP contribution in [0.4, 0.5) is 5.82 Å². The average molecular weight is 205 g/mol. The number of hydrogen-bond donors (Lipinski definition) is 1. The molecule has 82 valence electrons. The second-order valence-electron chi connectivity index (χ2n) is 4.43. The van der Waals surface area contributed by atoms with Crippen molar-refractivity contribution in [2.24, 2.45) is 5.73 Å². The minimum Gasteiger partial charge on any atom is -0.357 e. The third kappa shape index (κ3) is 2.12. The Labute approximate surface area is 91.3 Å². The predicted molar refractivity (Wildman–Crippen MR) is 62.9 cm³/mol. The lowest BCUT2D eigenvalue weighted by Crippen LogP contribution is -2.37. The van der Waals surface area contributed by atoms with Gasteiger partial charge in [-0.2, -0.15) is 0 Å². The number of hydrogen-bond acceptors (Lipinski definition) is 3. The van der Waals surface area contributed by atoms with E-state index in [4.69, 9.17) is 5.73 Å². The number of anilines is 1. The summed E-state index contributed by atoms with van der Waals surface area (Å²) >= 11 is 0. The lowest BCUT2D eigenvalue weighted by molar-refractivity contribution is 0.399. The minimum atomic E-state index is 0.0700.